The first kappa shape index (κ1) is 15.9. The van der Waals surface area contributed by atoms with Gasteiger partial charge in [0.1, 0.15) is 12.4 Å². The summed E-state index contributed by atoms with van der Waals surface area (Å²) in [5.74, 6) is 0.833. The van der Waals surface area contributed by atoms with Gasteiger partial charge in [-0.05, 0) is 25.5 Å². The third kappa shape index (κ3) is 4.79. The highest BCUT2D eigenvalue weighted by atomic mass is 32.1. The Morgan fingerprint density at radius 3 is 2.76 bits per heavy atom. The SMILES string of the molecule is CCc1nc(COc2ccc(C)nc2CNC(C)C)cs1. The van der Waals surface area contributed by atoms with Gasteiger partial charge >= 0.3 is 0 Å². The Kier molecular flexibility index (Phi) is 5.70. The van der Waals surface area contributed by atoms with E-state index in [4.69, 9.17) is 4.74 Å². The predicted molar refractivity (Wildman–Crippen MR) is 86.8 cm³/mol. The summed E-state index contributed by atoms with van der Waals surface area (Å²) in [7, 11) is 0. The fourth-order valence-corrected chi connectivity index (χ4v) is 2.62. The van der Waals surface area contributed by atoms with Crippen molar-refractivity contribution in [2.45, 2.75) is 53.3 Å². The number of hydrogen-bond donors (Lipinski definition) is 1. The summed E-state index contributed by atoms with van der Waals surface area (Å²) in [6.45, 7) is 9.57. The van der Waals surface area contributed by atoms with Gasteiger partial charge < -0.3 is 10.1 Å². The first-order chi connectivity index (χ1) is 10.1. The Morgan fingerprint density at radius 2 is 2.10 bits per heavy atom. The van der Waals surface area contributed by atoms with Crippen molar-refractivity contribution >= 4 is 11.3 Å². The summed E-state index contributed by atoms with van der Waals surface area (Å²) in [5, 5.41) is 6.60. The molecule has 0 bridgehead atoms. The summed E-state index contributed by atoms with van der Waals surface area (Å²) < 4.78 is 5.91. The highest BCUT2D eigenvalue weighted by Crippen LogP contribution is 2.19. The zero-order chi connectivity index (χ0) is 15.2. The van der Waals surface area contributed by atoms with Gasteiger partial charge in [-0.25, -0.2) is 4.98 Å². The van der Waals surface area contributed by atoms with Gasteiger partial charge in [-0.15, -0.1) is 11.3 Å². The van der Waals surface area contributed by atoms with Crippen LogP contribution in [0.5, 0.6) is 5.75 Å². The van der Waals surface area contributed by atoms with Crippen molar-refractivity contribution in [3.63, 3.8) is 0 Å². The first-order valence-corrected chi connectivity index (χ1v) is 8.22. The monoisotopic (exact) mass is 305 g/mol. The van der Waals surface area contributed by atoms with E-state index in [-0.39, 0.29) is 0 Å². The van der Waals surface area contributed by atoms with E-state index in [1.807, 2.05) is 19.1 Å². The van der Waals surface area contributed by atoms with E-state index in [1.165, 1.54) is 0 Å². The second-order valence-electron chi connectivity index (χ2n) is 5.31. The molecule has 0 radical (unpaired) electrons. The molecule has 0 fully saturated rings. The van der Waals surface area contributed by atoms with Crippen LogP contribution >= 0.6 is 11.3 Å². The summed E-state index contributed by atoms with van der Waals surface area (Å²) in [4.78, 5) is 9.10. The van der Waals surface area contributed by atoms with E-state index in [2.05, 4.69) is 41.4 Å². The molecule has 0 aliphatic carbocycles. The summed E-state index contributed by atoms with van der Waals surface area (Å²) in [5.41, 5.74) is 2.94. The Morgan fingerprint density at radius 1 is 1.29 bits per heavy atom. The van der Waals surface area contributed by atoms with Crippen molar-refractivity contribution in [3.8, 4) is 5.75 Å². The van der Waals surface area contributed by atoms with Crippen molar-refractivity contribution < 1.29 is 4.74 Å². The molecule has 2 aromatic rings. The summed E-state index contributed by atoms with van der Waals surface area (Å²) in [6, 6.07) is 4.39. The molecule has 0 saturated carbocycles. The maximum atomic E-state index is 5.91. The highest BCUT2D eigenvalue weighted by Gasteiger charge is 2.08. The van der Waals surface area contributed by atoms with Crippen LogP contribution in [0.4, 0.5) is 0 Å². The molecular formula is C16H23N3OS. The Bertz CT molecular complexity index is 581. The van der Waals surface area contributed by atoms with Crippen LogP contribution in [-0.4, -0.2) is 16.0 Å². The van der Waals surface area contributed by atoms with Crippen LogP contribution in [0.15, 0.2) is 17.5 Å². The number of aryl methyl sites for hydroxylation is 2. The maximum absolute atomic E-state index is 5.91. The summed E-state index contributed by atoms with van der Waals surface area (Å²) in [6.07, 6.45) is 0.973. The van der Waals surface area contributed by atoms with Gasteiger partial charge in [0.15, 0.2) is 0 Å². The van der Waals surface area contributed by atoms with Crippen LogP contribution in [0.25, 0.3) is 0 Å². The van der Waals surface area contributed by atoms with Gasteiger partial charge in [0.25, 0.3) is 0 Å². The third-order valence-corrected chi connectivity index (χ3v) is 4.07. The number of ether oxygens (including phenoxy) is 1. The van der Waals surface area contributed by atoms with Crippen LogP contribution in [0.3, 0.4) is 0 Å². The lowest BCUT2D eigenvalue weighted by molar-refractivity contribution is 0.295. The molecule has 0 aromatic carbocycles. The maximum Gasteiger partial charge on any atom is 0.142 e. The van der Waals surface area contributed by atoms with E-state index in [0.29, 0.717) is 19.2 Å². The first-order valence-electron chi connectivity index (χ1n) is 7.34. The van der Waals surface area contributed by atoms with E-state index < -0.39 is 0 Å². The number of pyridine rings is 1. The lowest BCUT2D eigenvalue weighted by Crippen LogP contribution is -2.23. The Hall–Kier alpha value is -1.46. The van der Waals surface area contributed by atoms with Gasteiger partial charge in [0, 0.05) is 23.7 Å². The molecule has 0 atom stereocenters. The molecule has 1 N–H and O–H groups in total. The molecule has 0 aliphatic rings. The predicted octanol–water partition coefficient (Wildman–Crippen LogP) is 3.49. The lowest BCUT2D eigenvalue weighted by atomic mass is 10.2. The number of hydrogen-bond acceptors (Lipinski definition) is 5. The number of nitrogens with one attached hydrogen (secondary N) is 1. The second-order valence-corrected chi connectivity index (χ2v) is 6.25. The minimum atomic E-state index is 0.422. The Balaban J connectivity index is 2.04. The minimum absolute atomic E-state index is 0.422. The molecular weight excluding hydrogens is 282 g/mol. The third-order valence-electron chi connectivity index (χ3n) is 3.03. The average Bonchev–Trinajstić information content (AvgIpc) is 2.92. The zero-order valence-corrected chi connectivity index (χ0v) is 14.0. The molecule has 21 heavy (non-hydrogen) atoms. The van der Waals surface area contributed by atoms with E-state index in [9.17, 15) is 0 Å². The summed E-state index contributed by atoms with van der Waals surface area (Å²) >= 11 is 1.69. The average molecular weight is 305 g/mol. The normalized spacial score (nSPS) is 11.1. The topological polar surface area (TPSA) is 47.0 Å². The molecule has 114 valence electrons. The highest BCUT2D eigenvalue weighted by molar-refractivity contribution is 7.09. The molecule has 2 rings (SSSR count). The largest absolute Gasteiger partial charge is 0.485 e. The molecule has 0 amide bonds. The van der Waals surface area contributed by atoms with Crippen molar-refractivity contribution in [2.24, 2.45) is 0 Å². The van der Waals surface area contributed by atoms with Gasteiger partial charge in [0.2, 0.25) is 0 Å². The fourth-order valence-electron chi connectivity index (χ4n) is 1.89. The number of rotatable bonds is 7. The van der Waals surface area contributed by atoms with E-state index in [0.717, 1.165) is 34.3 Å². The zero-order valence-electron chi connectivity index (χ0n) is 13.1. The standard InChI is InChI=1S/C16H23N3OS/c1-5-16-19-13(10-21-16)9-20-15-7-6-12(4)18-14(15)8-17-11(2)3/h6-7,10-11,17H,5,8-9H2,1-4H3. The quantitative estimate of drug-likeness (QED) is 0.850. The van der Waals surface area contributed by atoms with Gasteiger partial charge in [-0.1, -0.05) is 20.8 Å². The van der Waals surface area contributed by atoms with E-state index >= 15 is 0 Å². The number of thiazole rings is 1. The van der Waals surface area contributed by atoms with Crippen molar-refractivity contribution in [1.29, 1.82) is 0 Å². The fraction of sp³-hybridized carbons (Fsp3) is 0.500. The van der Waals surface area contributed by atoms with Crippen LogP contribution in [0.2, 0.25) is 0 Å². The molecule has 2 heterocycles. The van der Waals surface area contributed by atoms with Gasteiger partial charge in [-0.2, -0.15) is 0 Å². The minimum Gasteiger partial charge on any atom is -0.485 e. The molecule has 5 heteroatoms. The molecule has 0 unspecified atom stereocenters. The smallest absolute Gasteiger partial charge is 0.142 e. The Labute approximate surface area is 130 Å². The molecule has 0 aliphatic heterocycles. The molecule has 0 spiro atoms. The second kappa shape index (κ2) is 7.52. The number of aromatic nitrogens is 2. The molecule has 4 nitrogen and oxygen atoms in total. The van der Waals surface area contributed by atoms with Crippen LogP contribution in [0.1, 0.15) is 42.9 Å². The van der Waals surface area contributed by atoms with Crippen molar-refractivity contribution in [3.05, 3.63) is 39.6 Å². The van der Waals surface area contributed by atoms with Crippen LogP contribution in [-0.2, 0) is 19.6 Å². The van der Waals surface area contributed by atoms with Crippen LogP contribution < -0.4 is 10.1 Å². The lowest BCUT2D eigenvalue weighted by Gasteiger charge is -2.13. The van der Waals surface area contributed by atoms with Crippen molar-refractivity contribution in [1.82, 2.24) is 15.3 Å². The molecule has 2 aromatic heterocycles. The van der Waals surface area contributed by atoms with Crippen LogP contribution in [0, 0.1) is 6.92 Å². The van der Waals surface area contributed by atoms with E-state index in [1.54, 1.807) is 11.3 Å². The molecule has 0 saturated heterocycles. The van der Waals surface area contributed by atoms with Gasteiger partial charge in [0.05, 0.1) is 16.4 Å². The van der Waals surface area contributed by atoms with Gasteiger partial charge in [-0.3, -0.25) is 4.98 Å². The number of nitrogens with zero attached hydrogens (tertiary/aromatic N) is 2. The van der Waals surface area contributed by atoms with Crippen molar-refractivity contribution in [2.75, 3.05) is 0 Å².